The van der Waals surface area contributed by atoms with Gasteiger partial charge in [-0.1, -0.05) is 0 Å². The Kier molecular flexibility index (Phi) is 15.5. The SMILES string of the molecule is [CH3][Ga](/[C](=C\c1ccc(/C=[C](\[Ga]([CH3])[C]([Si](C)(C)C)([Si](C)(C)C)[Si](C)(C)Cl)[Si](C)(C)C)cc1)[Si](C)(C)C)[C]([Si](C)(C)C)([Si](C)(C)C)[Si](C)(C)Cl. The Morgan fingerprint density at radius 3 is 0.750 bits per heavy atom. The van der Waals surface area contributed by atoms with Crippen molar-refractivity contribution in [2.45, 2.75) is 161 Å². The third kappa shape index (κ3) is 9.56. The molecule has 1 aromatic carbocycles. The van der Waals surface area contributed by atoms with E-state index in [4.69, 9.17) is 22.2 Å². The van der Waals surface area contributed by atoms with E-state index >= 15 is 0 Å². The molecule has 0 amide bonds. The van der Waals surface area contributed by atoms with Crippen molar-refractivity contribution in [3.05, 3.63) is 42.9 Å². The van der Waals surface area contributed by atoms with E-state index in [-0.39, 0.29) is 0 Å². The van der Waals surface area contributed by atoms with E-state index in [0.29, 0.717) is 5.68 Å². The normalized spacial score (nSPS) is 16.0. The van der Waals surface area contributed by atoms with Crippen LogP contribution < -0.4 is 0 Å². The summed E-state index contributed by atoms with van der Waals surface area (Å²) in [5.41, 5.74) is 8.38. The van der Waals surface area contributed by atoms with Gasteiger partial charge in [0.15, 0.2) is 0 Å². The molecule has 0 unspecified atom stereocenters. The Hall–Kier alpha value is 2.29. The Balaban J connectivity index is 4.07. The monoisotopic (exact) mass is 942 g/mol. The first-order valence-corrected chi connectivity index (χ1v) is 57.4. The van der Waals surface area contributed by atoms with Crippen LogP contribution in [0.4, 0.5) is 0 Å². The summed E-state index contributed by atoms with van der Waals surface area (Å²) in [5.74, 6) is 0. The minimum atomic E-state index is -2.07. The predicted molar refractivity (Wildman–Crippen MR) is 258 cm³/mol. The number of benzene rings is 1. The summed E-state index contributed by atoms with van der Waals surface area (Å²) in [4.78, 5) is 0. The first-order chi connectivity index (χ1) is 20.7. The van der Waals surface area contributed by atoms with Crippen LogP contribution in [0.5, 0.6) is 0 Å². The van der Waals surface area contributed by atoms with Gasteiger partial charge in [-0.25, -0.2) is 0 Å². The summed E-state index contributed by atoms with van der Waals surface area (Å²) in [6, 6.07) is 9.83. The van der Waals surface area contributed by atoms with Gasteiger partial charge in [0.25, 0.3) is 0 Å². The van der Waals surface area contributed by atoms with Gasteiger partial charge < -0.3 is 0 Å². The van der Waals surface area contributed by atoms with Crippen molar-refractivity contribution >= 4 is 130 Å². The number of halogens is 2. The summed E-state index contributed by atoms with van der Waals surface area (Å²) in [6.07, 6.45) is 5.42. The second-order valence-electron chi connectivity index (χ2n) is 22.4. The maximum absolute atomic E-state index is 7.81. The van der Waals surface area contributed by atoms with Crippen molar-refractivity contribution in [1.82, 2.24) is 0 Å². The third-order valence-electron chi connectivity index (χ3n) is 12.2. The van der Waals surface area contributed by atoms with Crippen LogP contribution in [-0.4, -0.2) is 95.6 Å². The van der Waals surface area contributed by atoms with Gasteiger partial charge in [0.2, 0.25) is 0 Å². The zero-order valence-corrected chi connectivity index (χ0v) is 50.7. The molecule has 0 aromatic heterocycles. The Morgan fingerprint density at radius 1 is 0.438 bits per heavy atom. The molecule has 0 aliphatic heterocycles. The zero-order valence-electron chi connectivity index (χ0n) is 36.4. The van der Waals surface area contributed by atoms with E-state index in [2.05, 4.69) is 191 Å². The van der Waals surface area contributed by atoms with Gasteiger partial charge in [0, 0.05) is 0 Å². The van der Waals surface area contributed by atoms with E-state index in [1.165, 1.54) is 11.1 Å². The molecular formula is C36H78Cl2Ga2Si8. The quantitative estimate of drug-likeness (QED) is 0.129. The van der Waals surface area contributed by atoms with Gasteiger partial charge in [0.05, 0.1) is 0 Å². The summed E-state index contributed by atoms with van der Waals surface area (Å²) >= 11 is 11.5. The van der Waals surface area contributed by atoms with Crippen LogP contribution in [0, 0.1) is 0 Å². The van der Waals surface area contributed by atoms with Crippen molar-refractivity contribution in [1.29, 1.82) is 0 Å². The Morgan fingerprint density at radius 2 is 0.625 bits per heavy atom. The van der Waals surface area contributed by atoms with Crippen LogP contribution >= 0.6 is 22.2 Å². The van der Waals surface area contributed by atoms with Crippen molar-refractivity contribution in [2.24, 2.45) is 0 Å². The van der Waals surface area contributed by atoms with Crippen molar-refractivity contribution in [3.8, 4) is 0 Å². The van der Waals surface area contributed by atoms with E-state index in [9.17, 15) is 0 Å². The van der Waals surface area contributed by atoms with Gasteiger partial charge in [-0.2, -0.15) is 0 Å². The molecule has 274 valence electrons. The van der Waals surface area contributed by atoms with E-state index < -0.39 is 95.6 Å². The van der Waals surface area contributed by atoms with Gasteiger partial charge in [-0.15, -0.1) is 0 Å². The molecule has 1 aromatic rings. The molecule has 0 aliphatic carbocycles. The second-order valence-corrected chi connectivity index (χ2v) is 91.8. The minimum absolute atomic E-state index is 0.462. The maximum atomic E-state index is 7.81. The summed E-state index contributed by atoms with van der Waals surface area (Å²) in [6.45, 7) is 57.7. The fourth-order valence-corrected chi connectivity index (χ4v) is 163. The van der Waals surface area contributed by atoms with Crippen molar-refractivity contribution in [3.63, 3.8) is 0 Å². The first-order valence-electron chi connectivity index (χ1n) is 18.7. The molecule has 0 aliphatic rings. The summed E-state index contributed by atoms with van der Waals surface area (Å²) < 4.78 is 4.73. The van der Waals surface area contributed by atoms with Crippen LogP contribution in [0.25, 0.3) is 12.2 Å². The van der Waals surface area contributed by atoms with Crippen LogP contribution in [0.3, 0.4) is 0 Å². The molecule has 0 N–H and O–H groups in total. The van der Waals surface area contributed by atoms with E-state index in [0.717, 1.165) is 0 Å². The van der Waals surface area contributed by atoms with Crippen molar-refractivity contribution in [2.75, 3.05) is 0 Å². The fraction of sp³-hybridized carbons (Fsp3) is 0.722. The molecule has 0 nitrogen and oxygen atoms in total. The summed E-state index contributed by atoms with van der Waals surface area (Å²) in [7, 11) is -13.5. The Labute approximate surface area is 330 Å². The fourth-order valence-electron chi connectivity index (χ4n) is 12.9. The number of rotatable bonds is 14. The zero-order chi connectivity index (χ0) is 38.7. The molecule has 0 saturated heterocycles. The second kappa shape index (κ2) is 15.4. The first kappa shape index (κ1) is 48.3. The predicted octanol–water partition coefficient (Wildman–Crippen LogP) is 14.5. The number of hydrogen-bond acceptors (Lipinski definition) is 0. The van der Waals surface area contributed by atoms with Gasteiger partial charge in [0.1, 0.15) is 0 Å². The molecular weight excluding hydrogens is 867 g/mol. The number of hydrogen-bond donors (Lipinski definition) is 0. The van der Waals surface area contributed by atoms with E-state index in [1.54, 1.807) is 0 Å². The third-order valence-corrected chi connectivity index (χ3v) is 130. The van der Waals surface area contributed by atoms with Gasteiger partial charge in [-0.05, 0) is 0 Å². The molecule has 12 heteroatoms. The molecule has 0 bridgehead atoms. The average Bonchev–Trinajstić information content (AvgIpc) is 2.74. The molecule has 0 radical (unpaired) electrons. The molecule has 1 rings (SSSR count). The van der Waals surface area contributed by atoms with Gasteiger partial charge >= 0.3 is 334 Å². The van der Waals surface area contributed by atoms with Crippen LogP contribution in [0.15, 0.2) is 31.8 Å². The average molecular weight is 946 g/mol. The van der Waals surface area contributed by atoms with E-state index in [1.807, 2.05) is 7.50 Å². The topological polar surface area (TPSA) is 0 Å². The molecule has 0 atom stereocenters. The molecule has 0 fully saturated rings. The van der Waals surface area contributed by atoms with Gasteiger partial charge in [-0.3, -0.25) is 0 Å². The summed E-state index contributed by atoms with van der Waals surface area (Å²) in [5, 5.41) is 0. The Bertz CT molecular complexity index is 1140. The van der Waals surface area contributed by atoms with Crippen LogP contribution in [-0.2, 0) is 0 Å². The van der Waals surface area contributed by atoms with Crippen LogP contribution in [0.2, 0.25) is 161 Å². The molecule has 48 heavy (non-hydrogen) atoms. The van der Waals surface area contributed by atoms with Crippen LogP contribution in [0.1, 0.15) is 11.1 Å². The molecule has 0 saturated carbocycles. The van der Waals surface area contributed by atoms with Crippen molar-refractivity contribution < 1.29 is 0 Å². The molecule has 0 spiro atoms. The molecule has 0 heterocycles. The standard InChI is InChI=1S/C16H24Si2.2C9H24ClSi3.2CH3.2Ga/c1-17(2,3)13-11-15-7-9-16(10-8-15)12-14-18(4,5)6;2*1-11(2,3)9(12(4,5)6)13(7,8)10;;;;/h7-12H,1-6H3;2*1-8H3;2*1H3;;.